The number of hydrogen-bond donors (Lipinski definition) is 1. The molecular weight excluding hydrogens is 357 g/mol. The van der Waals surface area contributed by atoms with Gasteiger partial charge in [-0.25, -0.2) is 0 Å². The second kappa shape index (κ2) is 7.82. The molecule has 0 unspecified atom stereocenters. The average Bonchev–Trinajstić information content (AvgIpc) is 2.61. The molecule has 0 saturated carbocycles. The number of benzene rings is 2. The SMILES string of the molecule is CN(Cc1ccccc1)C(=O)C(C)(C)C(=O)Nc1ccccc1C(F)(F)F. The first kappa shape index (κ1) is 20.5. The van der Waals surface area contributed by atoms with Gasteiger partial charge in [-0.3, -0.25) is 9.59 Å². The molecule has 0 radical (unpaired) electrons. The van der Waals surface area contributed by atoms with Crippen LogP contribution in [0.4, 0.5) is 18.9 Å². The molecule has 0 aromatic heterocycles. The normalized spacial score (nSPS) is 11.8. The van der Waals surface area contributed by atoms with E-state index in [-0.39, 0.29) is 12.2 Å². The molecule has 2 amide bonds. The monoisotopic (exact) mass is 378 g/mol. The maximum atomic E-state index is 13.1. The van der Waals surface area contributed by atoms with E-state index in [9.17, 15) is 22.8 Å². The number of nitrogens with one attached hydrogen (secondary N) is 1. The molecule has 2 rings (SSSR count). The van der Waals surface area contributed by atoms with E-state index in [4.69, 9.17) is 0 Å². The first-order chi connectivity index (χ1) is 12.5. The van der Waals surface area contributed by atoms with Gasteiger partial charge in [0.25, 0.3) is 0 Å². The van der Waals surface area contributed by atoms with Crippen LogP contribution in [0.15, 0.2) is 54.6 Å². The summed E-state index contributed by atoms with van der Waals surface area (Å²) in [5.41, 5.74) is -1.99. The van der Waals surface area contributed by atoms with Gasteiger partial charge in [0.1, 0.15) is 5.41 Å². The van der Waals surface area contributed by atoms with Crippen molar-refractivity contribution >= 4 is 17.5 Å². The standard InChI is InChI=1S/C20H21F3N2O2/c1-19(2,18(27)25(3)13-14-9-5-4-6-10-14)17(26)24-16-12-8-7-11-15(16)20(21,22)23/h4-12H,13H2,1-3H3,(H,24,26). The molecule has 1 N–H and O–H groups in total. The molecule has 2 aromatic carbocycles. The van der Waals surface area contributed by atoms with Gasteiger partial charge in [-0.05, 0) is 31.5 Å². The van der Waals surface area contributed by atoms with Crippen LogP contribution in [0.5, 0.6) is 0 Å². The lowest BCUT2D eigenvalue weighted by Gasteiger charge is -2.29. The summed E-state index contributed by atoms with van der Waals surface area (Å²) in [5.74, 6) is -1.29. The predicted octanol–water partition coefficient (Wildman–Crippen LogP) is 4.33. The molecule has 0 atom stereocenters. The van der Waals surface area contributed by atoms with E-state index in [1.807, 2.05) is 30.3 Å². The molecule has 4 nitrogen and oxygen atoms in total. The number of anilines is 1. The van der Waals surface area contributed by atoms with E-state index in [0.717, 1.165) is 17.7 Å². The van der Waals surface area contributed by atoms with Crippen LogP contribution in [0, 0.1) is 5.41 Å². The van der Waals surface area contributed by atoms with Crippen LogP contribution < -0.4 is 5.32 Å². The molecule has 2 aromatic rings. The first-order valence-electron chi connectivity index (χ1n) is 8.30. The molecule has 0 aliphatic rings. The molecule has 0 heterocycles. The third kappa shape index (κ3) is 4.87. The number of carbonyl (C=O) groups excluding carboxylic acids is 2. The van der Waals surface area contributed by atoms with Gasteiger partial charge in [0, 0.05) is 13.6 Å². The van der Waals surface area contributed by atoms with Crippen LogP contribution in [0.1, 0.15) is 25.0 Å². The number of para-hydroxylation sites is 1. The number of alkyl halides is 3. The van der Waals surface area contributed by atoms with Crippen molar-refractivity contribution in [2.75, 3.05) is 12.4 Å². The van der Waals surface area contributed by atoms with Crippen molar-refractivity contribution in [2.45, 2.75) is 26.6 Å². The van der Waals surface area contributed by atoms with E-state index < -0.39 is 29.0 Å². The number of nitrogens with zero attached hydrogens (tertiary/aromatic N) is 1. The number of carbonyl (C=O) groups is 2. The van der Waals surface area contributed by atoms with Gasteiger partial charge in [0.15, 0.2) is 0 Å². The molecule has 0 spiro atoms. The molecule has 0 fully saturated rings. The fraction of sp³-hybridized carbons (Fsp3) is 0.300. The Hall–Kier alpha value is -2.83. The van der Waals surface area contributed by atoms with Crippen molar-refractivity contribution in [1.82, 2.24) is 4.90 Å². The molecule has 0 aliphatic carbocycles. The fourth-order valence-electron chi connectivity index (χ4n) is 2.62. The Morgan fingerprint density at radius 1 is 0.963 bits per heavy atom. The number of amides is 2. The van der Waals surface area contributed by atoms with E-state index in [1.165, 1.54) is 30.9 Å². The highest BCUT2D eigenvalue weighted by molar-refractivity contribution is 6.10. The molecule has 0 bridgehead atoms. The molecular formula is C20H21F3N2O2. The lowest BCUT2D eigenvalue weighted by atomic mass is 9.90. The Bertz CT molecular complexity index is 817. The highest BCUT2D eigenvalue weighted by Crippen LogP contribution is 2.35. The summed E-state index contributed by atoms with van der Waals surface area (Å²) in [4.78, 5) is 26.7. The molecule has 27 heavy (non-hydrogen) atoms. The molecule has 144 valence electrons. The van der Waals surface area contributed by atoms with Crippen molar-refractivity contribution in [3.63, 3.8) is 0 Å². The summed E-state index contributed by atoms with van der Waals surface area (Å²) in [5, 5.41) is 2.25. The summed E-state index contributed by atoms with van der Waals surface area (Å²) < 4.78 is 39.3. The first-order valence-corrected chi connectivity index (χ1v) is 8.30. The van der Waals surface area contributed by atoms with Crippen molar-refractivity contribution < 1.29 is 22.8 Å². The van der Waals surface area contributed by atoms with Crippen LogP contribution in [0.25, 0.3) is 0 Å². The zero-order chi connectivity index (χ0) is 20.2. The zero-order valence-electron chi connectivity index (χ0n) is 15.3. The second-order valence-corrected chi connectivity index (χ2v) is 6.77. The van der Waals surface area contributed by atoms with Gasteiger partial charge in [-0.15, -0.1) is 0 Å². The van der Waals surface area contributed by atoms with Gasteiger partial charge < -0.3 is 10.2 Å². The van der Waals surface area contributed by atoms with Crippen molar-refractivity contribution in [3.8, 4) is 0 Å². The predicted molar refractivity (Wildman–Crippen MR) is 96.8 cm³/mol. The Morgan fingerprint density at radius 2 is 1.52 bits per heavy atom. The van der Waals surface area contributed by atoms with Gasteiger partial charge >= 0.3 is 6.18 Å². The fourth-order valence-corrected chi connectivity index (χ4v) is 2.62. The van der Waals surface area contributed by atoms with E-state index in [1.54, 1.807) is 7.05 Å². The van der Waals surface area contributed by atoms with Crippen molar-refractivity contribution in [3.05, 3.63) is 65.7 Å². The minimum absolute atomic E-state index is 0.287. The van der Waals surface area contributed by atoms with Crippen molar-refractivity contribution in [1.29, 1.82) is 0 Å². The largest absolute Gasteiger partial charge is 0.418 e. The highest BCUT2D eigenvalue weighted by atomic mass is 19.4. The van der Waals surface area contributed by atoms with Crippen LogP contribution in [-0.4, -0.2) is 23.8 Å². The minimum Gasteiger partial charge on any atom is -0.341 e. The van der Waals surface area contributed by atoms with E-state index in [0.29, 0.717) is 0 Å². The van der Waals surface area contributed by atoms with Crippen LogP contribution in [-0.2, 0) is 22.3 Å². The van der Waals surface area contributed by atoms with Crippen LogP contribution in [0.3, 0.4) is 0 Å². The van der Waals surface area contributed by atoms with Gasteiger partial charge in [-0.2, -0.15) is 13.2 Å². The van der Waals surface area contributed by atoms with Crippen LogP contribution >= 0.6 is 0 Å². The van der Waals surface area contributed by atoms with Crippen LogP contribution in [0.2, 0.25) is 0 Å². The summed E-state index contributed by atoms with van der Waals surface area (Å²) in [6.45, 7) is 3.07. The van der Waals surface area contributed by atoms with Gasteiger partial charge in [0.2, 0.25) is 11.8 Å². The number of hydrogen-bond acceptors (Lipinski definition) is 2. The average molecular weight is 378 g/mol. The lowest BCUT2D eigenvalue weighted by Crippen LogP contribution is -2.45. The lowest BCUT2D eigenvalue weighted by molar-refractivity contribution is -0.145. The third-order valence-electron chi connectivity index (χ3n) is 4.19. The Balaban J connectivity index is 2.16. The summed E-state index contributed by atoms with van der Waals surface area (Å²) in [6, 6.07) is 13.9. The quantitative estimate of drug-likeness (QED) is 0.788. The van der Waals surface area contributed by atoms with Crippen molar-refractivity contribution in [2.24, 2.45) is 5.41 Å². The molecule has 0 saturated heterocycles. The summed E-state index contributed by atoms with van der Waals surface area (Å²) in [6.07, 6.45) is -4.61. The summed E-state index contributed by atoms with van der Waals surface area (Å²) >= 11 is 0. The Labute approximate surface area is 156 Å². The van der Waals surface area contributed by atoms with Gasteiger partial charge in [-0.1, -0.05) is 42.5 Å². The second-order valence-electron chi connectivity index (χ2n) is 6.77. The Kier molecular flexibility index (Phi) is 5.93. The van der Waals surface area contributed by atoms with Gasteiger partial charge in [0.05, 0.1) is 11.3 Å². The highest BCUT2D eigenvalue weighted by Gasteiger charge is 2.40. The number of rotatable bonds is 5. The van der Waals surface area contributed by atoms with E-state index >= 15 is 0 Å². The zero-order valence-corrected chi connectivity index (χ0v) is 15.3. The molecule has 7 heteroatoms. The molecule has 0 aliphatic heterocycles. The van der Waals surface area contributed by atoms with E-state index in [2.05, 4.69) is 5.32 Å². The summed E-state index contributed by atoms with van der Waals surface area (Å²) in [7, 11) is 1.55. The minimum atomic E-state index is -4.61. The number of halogens is 3. The maximum absolute atomic E-state index is 13.1. The maximum Gasteiger partial charge on any atom is 0.418 e. The Morgan fingerprint density at radius 3 is 2.11 bits per heavy atom. The third-order valence-corrected chi connectivity index (χ3v) is 4.19. The smallest absolute Gasteiger partial charge is 0.341 e. The topological polar surface area (TPSA) is 49.4 Å².